The van der Waals surface area contributed by atoms with Gasteiger partial charge in [-0.2, -0.15) is 0 Å². The lowest BCUT2D eigenvalue weighted by Crippen LogP contribution is -2.15. The Morgan fingerprint density at radius 2 is 2.00 bits per heavy atom. The fourth-order valence-corrected chi connectivity index (χ4v) is 4.54. The molecule has 4 rings (SSSR count). The van der Waals surface area contributed by atoms with Gasteiger partial charge in [-0.3, -0.25) is 0 Å². The van der Waals surface area contributed by atoms with Gasteiger partial charge in [0.15, 0.2) is 0 Å². The van der Waals surface area contributed by atoms with E-state index in [1.807, 2.05) is 13.8 Å². The van der Waals surface area contributed by atoms with Crippen LogP contribution in [0.15, 0.2) is 6.33 Å². The van der Waals surface area contributed by atoms with Gasteiger partial charge < -0.3 is 10.1 Å². The number of nitrogens with one attached hydrogen (secondary N) is 1. The summed E-state index contributed by atoms with van der Waals surface area (Å²) in [5.74, 6) is 5.50. The van der Waals surface area contributed by atoms with Crippen molar-refractivity contribution in [3.8, 4) is 5.88 Å². The van der Waals surface area contributed by atoms with Crippen molar-refractivity contribution in [3.05, 3.63) is 11.9 Å². The molecule has 0 radical (unpaired) electrons. The largest absolute Gasteiger partial charge is 0.478 e. The summed E-state index contributed by atoms with van der Waals surface area (Å²) in [6.45, 7) is 4.67. The van der Waals surface area contributed by atoms with Gasteiger partial charge in [0.1, 0.15) is 12.1 Å². The van der Waals surface area contributed by atoms with Crippen LogP contribution in [0.1, 0.15) is 31.7 Å². The standard InChI is InChI=1S/C15H21N3O/c1-3-19-15-8(2)14(16-7-17-15)18-13-11-9-4-5-10(6-9)12(11)13/h7,9-13H,3-6H2,1-2H3,(H,16,17,18). The van der Waals surface area contributed by atoms with E-state index >= 15 is 0 Å². The summed E-state index contributed by atoms with van der Waals surface area (Å²) in [5, 5.41) is 3.65. The number of aromatic nitrogens is 2. The summed E-state index contributed by atoms with van der Waals surface area (Å²) in [5.41, 5.74) is 1.04. The maximum absolute atomic E-state index is 5.54. The molecule has 3 aliphatic rings. The summed E-state index contributed by atoms with van der Waals surface area (Å²) in [4.78, 5) is 8.59. The van der Waals surface area contributed by atoms with Crippen LogP contribution >= 0.6 is 0 Å². The van der Waals surface area contributed by atoms with Gasteiger partial charge in [-0.25, -0.2) is 9.97 Å². The van der Waals surface area contributed by atoms with E-state index in [4.69, 9.17) is 4.74 Å². The Labute approximate surface area is 114 Å². The number of rotatable bonds is 4. The van der Waals surface area contributed by atoms with E-state index in [9.17, 15) is 0 Å². The molecule has 2 bridgehead atoms. The van der Waals surface area contributed by atoms with E-state index in [1.165, 1.54) is 19.3 Å². The Balaban J connectivity index is 1.51. The minimum Gasteiger partial charge on any atom is -0.478 e. The summed E-state index contributed by atoms with van der Waals surface area (Å²) < 4.78 is 5.54. The van der Waals surface area contributed by atoms with Crippen LogP contribution in [0, 0.1) is 30.6 Å². The molecule has 4 unspecified atom stereocenters. The molecule has 3 aliphatic carbocycles. The van der Waals surface area contributed by atoms with Crippen LogP contribution in [-0.2, 0) is 0 Å². The molecule has 0 aromatic carbocycles. The summed E-state index contributed by atoms with van der Waals surface area (Å²) >= 11 is 0. The summed E-state index contributed by atoms with van der Waals surface area (Å²) in [7, 11) is 0. The second-order valence-electron chi connectivity index (χ2n) is 6.24. The highest BCUT2D eigenvalue weighted by Crippen LogP contribution is 2.66. The van der Waals surface area contributed by atoms with Crippen LogP contribution in [0.3, 0.4) is 0 Å². The first-order chi connectivity index (χ1) is 9.29. The number of nitrogens with zero attached hydrogens (tertiary/aromatic N) is 2. The average Bonchev–Trinajstić information content (AvgIpc) is 2.81. The molecule has 4 atom stereocenters. The lowest BCUT2D eigenvalue weighted by molar-refractivity contribution is 0.324. The average molecular weight is 259 g/mol. The van der Waals surface area contributed by atoms with Crippen molar-refractivity contribution in [1.82, 2.24) is 9.97 Å². The molecule has 19 heavy (non-hydrogen) atoms. The zero-order valence-electron chi connectivity index (χ0n) is 11.6. The highest BCUT2D eigenvalue weighted by molar-refractivity contribution is 5.50. The van der Waals surface area contributed by atoms with E-state index in [0.717, 1.165) is 35.1 Å². The molecular weight excluding hydrogens is 238 g/mol. The van der Waals surface area contributed by atoms with Gasteiger partial charge in [0.05, 0.1) is 12.2 Å². The third-order valence-corrected chi connectivity index (χ3v) is 5.36. The van der Waals surface area contributed by atoms with Gasteiger partial charge in [-0.05, 0) is 56.8 Å². The van der Waals surface area contributed by atoms with Crippen molar-refractivity contribution < 1.29 is 4.74 Å². The highest BCUT2D eigenvalue weighted by atomic mass is 16.5. The predicted molar refractivity (Wildman–Crippen MR) is 73.2 cm³/mol. The fourth-order valence-electron chi connectivity index (χ4n) is 4.54. The number of fused-ring (bicyclic) bond motifs is 5. The zero-order chi connectivity index (χ0) is 13.0. The first kappa shape index (κ1) is 11.5. The lowest BCUT2D eigenvalue weighted by Gasteiger charge is -2.14. The van der Waals surface area contributed by atoms with Crippen molar-refractivity contribution in [2.24, 2.45) is 23.7 Å². The molecule has 1 N–H and O–H groups in total. The first-order valence-corrected chi connectivity index (χ1v) is 7.50. The lowest BCUT2D eigenvalue weighted by atomic mass is 10.0. The summed E-state index contributed by atoms with van der Waals surface area (Å²) in [6.07, 6.45) is 6.00. The maximum atomic E-state index is 5.54. The molecule has 102 valence electrons. The van der Waals surface area contributed by atoms with Crippen LogP contribution in [0.25, 0.3) is 0 Å². The molecule has 0 spiro atoms. The first-order valence-electron chi connectivity index (χ1n) is 7.50. The summed E-state index contributed by atoms with van der Waals surface area (Å²) in [6, 6.07) is 0.661. The van der Waals surface area contributed by atoms with E-state index in [-0.39, 0.29) is 0 Å². The highest BCUT2D eigenvalue weighted by Gasteiger charge is 2.65. The molecule has 3 saturated carbocycles. The molecule has 0 amide bonds. The minimum atomic E-state index is 0.649. The predicted octanol–water partition coefficient (Wildman–Crippen LogP) is 2.64. The maximum Gasteiger partial charge on any atom is 0.221 e. The molecule has 1 aromatic heterocycles. The number of hydrogen-bond acceptors (Lipinski definition) is 4. The smallest absolute Gasteiger partial charge is 0.221 e. The Morgan fingerprint density at radius 3 is 2.68 bits per heavy atom. The van der Waals surface area contributed by atoms with Gasteiger partial charge in [-0.15, -0.1) is 0 Å². The van der Waals surface area contributed by atoms with E-state index < -0.39 is 0 Å². The Kier molecular flexibility index (Phi) is 2.47. The fraction of sp³-hybridized carbons (Fsp3) is 0.733. The van der Waals surface area contributed by atoms with E-state index in [0.29, 0.717) is 18.5 Å². The Hall–Kier alpha value is -1.32. The van der Waals surface area contributed by atoms with Crippen molar-refractivity contribution in [2.45, 2.75) is 39.2 Å². The second kappa shape index (κ2) is 4.09. The molecular formula is C15H21N3O. The van der Waals surface area contributed by atoms with E-state index in [1.54, 1.807) is 6.33 Å². The molecule has 0 saturated heterocycles. The molecule has 0 aliphatic heterocycles. The Bertz CT molecular complexity index is 488. The number of anilines is 1. The van der Waals surface area contributed by atoms with E-state index in [2.05, 4.69) is 15.3 Å². The zero-order valence-corrected chi connectivity index (χ0v) is 11.6. The van der Waals surface area contributed by atoms with Crippen molar-refractivity contribution >= 4 is 5.82 Å². The second-order valence-corrected chi connectivity index (χ2v) is 6.24. The van der Waals surface area contributed by atoms with Crippen molar-refractivity contribution in [3.63, 3.8) is 0 Å². The van der Waals surface area contributed by atoms with Crippen molar-refractivity contribution in [2.75, 3.05) is 11.9 Å². The Morgan fingerprint density at radius 1 is 1.26 bits per heavy atom. The topological polar surface area (TPSA) is 47.0 Å². The normalized spacial score (nSPS) is 38.1. The molecule has 1 heterocycles. The van der Waals surface area contributed by atoms with Crippen LogP contribution in [-0.4, -0.2) is 22.6 Å². The van der Waals surface area contributed by atoms with Gasteiger partial charge >= 0.3 is 0 Å². The van der Waals surface area contributed by atoms with Crippen molar-refractivity contribution in [1.29, 1.82) is 0 Å². The quantitative estimate of drug-likeness (QED) is 0.903. The number of ether oxygens (including phenoxy) is 1. The number of hydrogen-bond donors (Lipinski definition) is 1. The molecule has 3 fully saturated rings. The van der Waals surface area contributed by atoms with Crippen LogP contribution in [0.5, 0.6) is 5.88 Å². The van der Waals surface area contributed by atoms with Gasteiger partial charge in [0.25, 0.3) is 0 Å². The SMILES string of the molecule is CCOc1ncnc(NC2C3C4CCC(C4)C23)c1C. The molecule has 4 heteroatoms. The van der Waals surface area contributed by atoms with Gasteiger partial charge in [0.2, 0.25) is 5.88 Å². The van der Waals surface area contributed by atoms with Crippen LogP contribution < -0.4 is 10.1 Å². The van der Waals surface area contributed by atoms with Gasteiger partial charge in [0, 0.05) is 6.04 Å². The van der Waals surface area contributed by atoms with Crippen LogP contribution in [0.4, 0.5) is 5.82 Å². The van der Waals surface area contributed by atoms with Gasteiger partial charge in [-0.1, -0.05) is 0 Å². The van der Waals surface area contributed by atoms with Crippen LogP contribution in [0.2, 0.25) is 0 Å². The molecule has 1 aromatic rings. The minimum absolute atomic E-state index is 0.649. The third kappa shape index (κ3) is 1.65. The molecule has 4 nitrogen and oxygen atoms in total. The third-order valence-electron chi connectivity index (χ3n) is 5.36. The monoisotopic (exact) mass is 259 g/mol.